The van der Waals surface area contributed by atoms with E-state index < -0.39 is 28.9 Å². The van der Waals surface area contributed by atoms with Crippen molar-refractivity contribution in [2.45, 2.75) is 44.5 Å². The van der Waals surface area contributed by atoms with Crippen LogP contribution < -0.4 is 5.56 Å². The molecular formula is C23H18F6N2O. The number of H-pyrrole nitrogens is 1. The van der Waals surface area contributed by atoms with Crippen LogP contribution in [0.15, 0.2) is 47.3 Å². The Balaban J connectivity index is 2.10. The molecule has 1 aromatic heterocycles. The van der Waals surface area contributed by atoms with Crippen LogP contribution in [0.1, 0.15) is 41.7 Å². The van der Waals surface area contributed by atoms with E-state index in [0.717, 1.165) is 0 Å². The molecule has 3 nitrogen and oxygen atoms in total. The third kappa shape index (κ3) is 4.64. The summed E-state index contributed by atoms with van der Waals surface area (Å²) in [5.74, 6) is 0. The van der Waals surface area contributed by atoms with Crippen LogP contribution in [0, 0.1) is 11.3 Å². The molecule has 0 bridgehead atoms. The summed E-state index contributed by atoms with van der Waals surface area (Å²) in [5, 5.41) is 10.5. The Morgan fingerprint density at radius 2 is 1.50 bits per heavy atom. The van der Waals surface area contributed by atoms with E-state index in [1.54, 1.807) is 18.2 Å². The quantitative estimate of drug-likeness (QED) is 0.483. The number of rotatable bonds is 4. The van der Waals surface area contributed by atoms with Crippen LogP contribution in [-0.2, 0) is 30.6 Å². The van der Waals surface area contributed by atoms with Crippen molar-refractivity contribution in [1.82, 2.24) is 4.98 Å². The average molecular weight is 452 g/mol. The van der Waals surface area contributed by atoms with Crippen LogP contribution in [0.25, 0.3) is 10.9 Å². The second-order valence-corrected chi connectivity index (χ2v) is 7.81. The summed E-state index contributed by atoms with van der Waals surface area (Å²) in [4.78, 5) is 14.8. The lowest BCUT2D eigenvalue weighted by Gasteiger charge is -2.24. The molecule has 0 radical (unpaired) electrons. The molecule has 0 fully saturated rings. The Labute approximate surface area is 179 Å². The molecule has 0 aliphatic heterocycles. The number of nitriles is 1. The second-order valence-electron chi connectivity index (χ2n) is 7.81. The van der Waals surface area contributed by atoms with E-state index in [2.05, 4.69) is 4.98 Å². The van der Waals surface area contributed by atoms with Gasteiger partial charge in [-0.05, 0) is 66.6 Å². The first-order chi connectivity index (χ1) is 14.8. The van der Waals surface area contributed by atoms with Gasteiger partial charge in [0.2, 0.25) is 0 Å². The van der Waals surface area contributed by atoms with E-state index in [4.69, 9.17) is 0 Å². The second kappa shape index (κ2) is 8.01. The Morgan fingerprint density at radius 1 is 0.906 bits per heavy atom. The summed E-state index contributed by atoms with van der Waals surface area (Å²) in [6.07, 6.45) is -9.82. The van der Waals surface area contributed by atoms with Crippen molar-refractivity contribution in [3.63, 3.8) is 0 Å². The first-order valence-electron chi connectivity index (χ1n) is 9.63. The zero-order valence-corrected chi connectivity index (χ0v) is 17.1. The Hall–Kier alpha value is -3.28. The Kier molecular flexibility index (Phi) is 5.85. The van der Waals surface area contributed by atoms with Crippen molar-refractivity contribution in [3.8, 4) is 6.07 Å². The first kappa shape index (κ1) is 23.4. The molecule has 3 rings (SSSR count). The van der Waals surface area contributed by atoms with Crippen LogP contribution in [0.5, 0.6) is 0 Å². The van der Waals surface area contributed by atoms with Gasteiger partial charge in [0.1, 0.15) is 0 Å². The summed E-state index contributed by atoms with van der Waals surface area (Å²) in [6, 6.07) is 9.78. The maximum absolute atomic E-state index is 13.2. The standard InChI is InChI=1S/C23H18F6N2O/c1-3-14-8-15-4-5-16(10-19(15)31-20(14)32)21(2,12-30)11-13-6-17(22(24,25)26)9-18(7-13)23(27,28)29/h4-10H,3,11H2,1-2H3,(H,31,32). The van der Waals surface area contributed by atoms with Gasteiger partial charge in [-0.1, -0.05) is 19.1 Å². The fourth-order valence-electron chi connectivity index (χ4n) is 3.59. The van der Waals surface area contributed by atoms with Gasteiger partial charge in [-0.25, -0.2) is 0 Å². The molecule has 2 aromatic carbocycles. The van der Waals surface area contributed by atoms with Gasteiger partial charge in [0.05, 0.1) is 22.6 Å². The lowest BCUT2D eigenvalue weighted by atomic mass is 9.78. The molecule has 1 unspecified atom stereocenters. The van der Waals surface area contributed by atoms with Gasteiger partial charge in [0, 0.05) is 11.1 Å². The molecule has 0 saturated carbocycles. The zero-order chi connectivity index (χ0) is 23.9. The fourth-order valence-corrected chi connectivity index (χ4v) is 3.59. The molecular weight excluding hydrogens is 434 g/mol. The Morgan fingerprint density at radius 3 is 2.00 bits per heavy atom. The van der Waals surface area contributed by atoms with Crippen LogP contribution >= 0.6 is 0 Å². The number of hydrogen-bond acceptors (Lipinski definition) is 2. The summed E-state index contributed by atoms with van der Waals surface area (Å²) in [5.41, 5.74) is -3.53. The number of hydrogen-bond donors (Lipinski definition) is 1. The fraction of sp³-hybridized carbons (Fsp3) is 0.304. The Bertz CT molecular complexity index is 1230. The number of nitrogens with one attached hydrogen (secondary N) is 1. The van der Waals surface area contributed by atoms with Crippen molar-refractivity contribution < 1.29 is 26.3 Å². The SMILES string of the molecule is CCc1cc2ccc(C(C)(C#N)Cc3cc(C(F)(F)F)cc(C(F)(F)F)c3)cc2[nH]c1=O. The van der Waals surface area contributed by atoms with Gasteiger partial charge in [-0.2, -0.15) is 31.6 Å². The van der Waals surface area contributed by atoms with Crippen LogP contribution in [0.4, 0.5) is 26.3 Å². The number of nitrogens with zero attached hydrogens (tertiary/aromatic N) is 1. The van der Waals surface area contributed by atoms with Crippen molar-refractivity contribution in [3.05, 3.63) is 80.6 Å². The highest BCUT2D eigenvalue weighted by molar-refractivity contribution is 5.80. The summed E-state index contributed by atoms with van der Waals surface area (Å²) < 4.78 is 79.1. The number of fused-ring (bicyclic) bond motifs is 1. The molecule has 9 heteroatoms. The minimum Gasteiger partial charge on any atom is -0.322 e. The maximum Gasteiger partial charge on any atom is 0.416 e. The first-order valence-corrected chi connectivity index (χ1v) is 9.63. The van der Waals surface area contributed by atoms with Crippen LogP contribution in [-0.4, -0.2) is 4.98 Å². The van der Waals surface area contributed by atoms with Crippen molar-refractivity contribution >= 4 is 10.9 Å². The number of halogens is 6. The molecule has 3 aromatic rings. The molecule has 0 aliphatic carbocycles. The molecule has 1 heterocycles. The van der Waals surface area contributed by atoms with Crippen molar-refractivity contribution in [2.75, 3.05) is 0 Å². The van der Waals surface area contributed by atoms with E-state index in [1.165, 1.54) is 13.0 Å². The third-order valence-electron chi connectivity index (χ3n) is 5.39. The van der Waals surface area contributed by atoms with Crippen LogP contribution in [0.3, 0.4) is 0 Å². The van der Waals surface area contributed by atoms with Gasteiger partial charge >= 0.3 is 12.4 Å². The highest BCUT2D eigenvalue weighted by Gasteiger charge is 2.38. The van der Waals surface area contributed by atoms with Crippen LogP contribution in [0.2, 0.25) is 0 Å². The molecule has 0 saturated heterocycles. The van der Waals surface area contributed by atoms with Gasteiger partial charge in [-0.3, -0.25) is 4.79 Å². The van der Waals surface area contributed by atoms with Crippen molar-refractivity contribution in [1.29, 1.82) is 5.26 Å². The average Bonchev–Trinajstić information content (AvgIpc) is 2.71. The predicted molar refractivity (Wildman–Crippen MR) is 107 cm³/mol. The van der Waals surface area contributed by atoms with E-state index in [1.807, 2.05) is 13.0 Å². The lowest BCUT2D eigenvalue weighted by molar-refractivity contribution is -0.143. The van der Waals surface area contributed by atoms with Gasteiger partial charge in [-0.15, -0.1) is 0 Å². The smallest absolute Gasteiger partial charge is 0.322 e. The summed E-state index contributed by atoms with van der Waals surface area (Å²) in [7, 11) is 0. The lowest BCUT2D eigenvalue weighted by Crippen LogP contribution is -2.24. The molecule has 32 heavy (non-hydrogen) atoms. The normalized spacial score (nSPS) is 14.2. The summed E-state index contributed by atoms with van der Waals surface area (Å²) >= 11 is 0. The monoisotopic (exact) mass is 452 g/mol. The molecule has 1 N–H and O–H groups in total. The molecule has 0 aliphatic rings. The van der Waals surface area contributed by atoms with Crippen molar-refractivity contribution in [2.24, 2.45) is 0 Å². The molecule has 0 amide bonds. The number of pyridine rings is 1. The van der Waals surface area contributed by atoms with Gasteiger partial charge in [0.15, 0.2) is 0 Å². The molecule has 0 spiro atoms. The third-order valence-corrected chi connectivity index (χ3v) is 5.39. The highest BCUT2D eigenvalue weighted by atomic mass is 19.4. The zero-order valence-electron chi connectivity index (χ0n) is 17.1. The highest BCUT2D eigenvalue weighted by Crippen LogP contribution is 2.38. The number of aromatic amines is 1. The number of aromatic nitrogens is 1. The minimum absolute atomic E-state index is 0.0549. The van der Waals surface area contributed by atoms with E-state index in [0.29, 0.717) is 40.6 Å². The minimum atomic E-state index is -4.97. The number of alkyl halides is 6. The van der Waals surface area contributed by atoms with Gasteiger partial charge in [0.25, 0.3) is 5.56 Å². The predicted octanol–water partition coefficient (Wildman–Crippen LogP) is 6.15. The largest absolute Gasteiger partial charge is 0.416 e. The molecule has 168 valence electrons. The van der Waals surface area contributed by atoms with E-state index >= 15 is 0 Å². The molecule has 1 atom stereocenters. The topological polar surface area (TPSA) is 56.6 Å². The maximum atomic E-state index is 13.2. The van der Waals surface area contributed by atoms with E-state index in [-0.39, 0.29) is 23.6 Å². The van der Waals surface area contributed by atoms with E-state index in [9.17, 15) is 36.4 Å². The number of benzene rings is 2. The number of aryl methyl sites for hydroxylation is 1. The van der Waals surface area contributed by atoms with Gasteiger partial charge < -0.3 is 4.98 Å². The summed E-state index contributed by atoms with van der Waals surface area (Å²) in [6.45, 7) is 3.25.